The molecule has 2 atom stereocenters. The molecule has 1 aromatic heterocycles. The van der Waals surface area contributed by atoms with Crippen LogP contribution in [0.4, 0.5) is 24.5 Å². The molecule has 1 unspecified atom stereocenters. The smallest absolute Gasteiger partial charge is 0.315 e. The van der Waals surface area contributed by atoms with E-state index in [-0.39, 0.29) is 20.0 Å². The summed E-state index contributed by atoms with van der Waals surface area (Å²) in [5, 5.41) is 11.8. The third kappa shape index (κ3) is 10.4. The number of nitrogens with zero attached hydrogens (tertiary/aromatic N) is 3. The first-order chi connectivity index (χ1) is 16.7. The molecule has 1 fully saturated rings. The van der Waals surface area contributed by atoms with E-state index in [1.807, 2.05) is 10.2 Å². The SMILES string of the molecule is CN(C[C@@H](O)CNC(=O)C(F)F)c1ccc(N2CCNOCC2)c(F)c1.O.O=S(O)c1ccncc1.[HH]. The fourth-order valence-electron chi connectivity index (χ4n) is 3.06. The summed E-state index contributed by atoms with van der Waals surface area (Å²) in [4.78, 5) is 23.4. The summed E-state index contributed by atoms with van der Waals surface area (Å²) in [6.07, 6.45) is -1.24. The van der Waals surface area contributed by atoms with Gasteiger partial charge < -0.3 is 30.3 Å². The molecule has 1 saturated heterocycles. The van der Waals surface area contributed by atoms with E-state index in [4.69, 9.17) is 9.39 Å². The summed E-state index contributed by atoms with van der Waals surface area (Å²) in [7, 11) is 1.64. The molecule has 36 heavy (non-hydrogen) atoms. The van der Waals surface area contributed by atoms with Gasteiger partial charge in [-0.25, -0.2) is 14.1 Å². The largest absolute Gasteiger partial charge is 0.412 e. The number of alkyl halides is 2. The van der Waals surface area contributed by atoms with Gasteiger partial charge in [0, 0.05) is 59.3 Å². The maximum Gasteiger partial charge on any atom is 0.315 e. The Hall–Kier alpha value is -2.82. The van der Waals surface area contributed by atoms with E-state index in [1.165, 1.54) is 30.6 Å². The molecule has 1 amide bonds. The van der Waals surface area contributed by atoms with Crippen LogP contribution in [0, 0.1) is 5.82 Å². The molecule has 0 saturated carbocycles. The number of hydroxylamine groups is 1. The van der Waals surface area contributed by atoms with Crippen molar-refractivity contribution in [2.75, 3.05) is 56.2 Å². The van der Waals surface area contributed by atoms with Gasteiger partial charge in [-0.1, -0.05) is 0 Å². The van der Waals surface area contributed by atoms with Gasteiger partial charge >= 0.3 is 6.43 Å². The third-order valence-corrected chi connectivity index (χ3v) is 5.48. The zero-order valence-corrected chi connectivity index (χ0v) is 20.3. The summed E-state index contributed by atoms with van der Waals surface area (Å²) < 4.78 is 57.4. The number of anilines is 2. The second-order valence-corrected chi connectivity index (χ2v) is 8.35. The maximum atomic E-state index is 14.5. The molecule has 0 spiro atoms. The Bertz CT molecular complexity index is 962. The molecule has 204 valence electrons. The zero-order valence-electron chi connectivity index (χ0n) is 19.4. The fraction of sp³-hybridized carbons (Fsp3) is 0.429. The summed E-state index contributed by atoms with van der Waals surface area (Å²) in [6, 6.07) is 7.70. The lowest BCUT2D eigenvalue weighted by molar-refractivity contribution is -0.132. The van der Waals surface area contributed by atoms with Crippen molar-refractivity contribution in [3.63, 3.8) is 0 Å². The molecule has 2 heterocycles. The van der Waals surface area contributed by atoms with Crippen LogP contribution >= 0.6 is 0 Å². The number of aliphatic hydroxyl groups excluding tert-OH is 1. The number of aliphatic hydroxyl groups is 1. The molecule has 0 bridgehead atoms. The summed E-state index contributed by atoms with van der Waals surface area (Å²) >= 11 is -1.87. The standard InChI is InChI=1S/C16H23F3N4O3.C5H5NO2S.H2O.H2/c1-22(10-12(24)9-20-16(25)15(18)19)11-2-3-14(13(17)8-11)23-5-4-21-26-7-6-23;7-9(8)5-1-3-6-4-2-5;;/h2-3,8,12,15,21,24H,4-7,9-10H2,1H3,(H,20,25);1-4H,(H,7,8);1H2;1H/t12-;;;/m0.../s1. The second kappa shape index (κ2) is 16.0. The van der Waals surface area contributed by atoms with E-state index in [0.717, 1.165) is 0 Å². The summed E-state index contributed by atoms with van der Waals surface area (Å²) in [6.45, 7) is 1.92. The van der Waals surface area contributed by atoms with E-state index >= 15 is 0 Å². The summed E-state index contributed by atoms with van der Waals surface area (Å²) in [5.74, 6) is -1.84. The highest BCUT2D eigenvalue weighted by Crippen LogP contribution is 2.25. The average molecular weight is 540 g/mol. The van der Waals surface area contributed by atoms with Gasteiger partial charge in [0.15, 0.2) is 11.1 Å². The molecule has 0 aliphatic carbocycles. The number of benzene rings is 1. The number of rotatable bonds is 8. The number of pyridine rings is 1. The van der Waals surface area contributed by atoms with Gasteiger partial charge in [-0.15, -0.1) is 0 Å². The lowest BCUT2D eigenvalue weighted by Crippen LogP contribution is -2.40. The van der Waals surface area contributed by atoms with Crippen LogP contribution in [0.3, 0.4) is 0 Å². The first-order valence-electron chi connectivity index (χ1n) is 10.5. The number of aromatic nitrogens is 1. The summed E-state index contributed by atoms with van der Waals surface area (Å²) in [5.41, 5.74) is 3.75. The van der Waals surface area contributed by atoms with Crippen LogP contribution in [0.1, 0.15) is 1.43 Å². The molecule has 6 N–H and O–H groups in total. The lowest BCUT2D eigenvalue weighted by atomic mass is 10.2. The number of halogens is 3. The van der Waals surface area contributed by atoms with Crippen molar-refractivity contribution in [1.82, 2.24) is 15.8 Å². The molecule has 1 aliphatic rings. The predicted octanol–water partition coefficient (Wildman–Crippen LogP) is 0.429. The Morgan fingerprint density at radius 2 is 2.03 bits per heavy atom. The molecule has 3 rings (SSSR count). The van der Waals surface area contributed by atoms with E-state index in [0.29, 0.717) is 42.5 Å². The number of carbonyl (C=O) groups excluding carboxylic acids is 1. The van der Waals surface area contributed by atoms with Crippen LogP contribution in [-0.4, -0.2) is 89.1 Å². The van der Waals surface area contributed by atoms with E-state index in [9.17, 15) is 27.3 Å². The Balaban J connectivity index is 0.000000999. The van der Waals surface area contributed by atoms with Gasteiger partial charge in [0.2, 0.25) is 0 Å². The topological polar surface area (TPSA) is 159 Å². The lowest BCUT2D eigenvalue weighted by Gasteiger charge is -2.26. The van der Waals surface area contributed by atoms with Gasteiger partial charge in [0.05, 0.1) is 23.3 Å². The number of amides is 1. The van der Waals surface area contributed by atoms with Crippen LogP contribution in [0.2, 0.25) is 0 Å². The van der Waals surface area contributed by atoms with Crippen molar-refractivity contribution >= 4 is 28.4 Å². The Kier molecular flexibility index (Phi) is 13.9. The minimum atomic E-state index is -3.12. The van der Waals surface area contributed by atoms with Crippen LogP contribution < -0.4 is 20.6 Å². The van der Waals surface area contributed by atoms with Crippen molar-refractivity contribution in [2.24, 2.45) is 0 Å². The number of hydrogen-bond donors (Lipinski definition) is 4. The zero-order chi connectivity index (χ0) is 25.8. The van der Waals surface area contributed by atoms with Gasteiger partial charge in [-0.05, 0) is 30.3 Å². The molecule has 15 heteroatoms. The highest BCUT2D eigenvalue weighted by molar-refractivity contribution is 7.79. The molecule has 2 aromatic rings. The minimum absolute atomic E-state index is 0. The van der Waals surface area contributed by atoms with Gasteiger partial charge in [-0.3, -0.25) is 14.6 Å². The van der Waals surface area contributed by atoms with Crippen LogP contribution in [0.5, 0.6) is 0 Å². The molecule has 1 aliphatic heterocycles. The number of hydrogen-bond acceptors (Lipinski definition) is 8. The van der Waals surface area contributed by atoms with Crippen molar-refractivity contribution in [1.29, 1.82) is 0 Å². The van der Waals surface area contributed by atoms with Crippen molar-refractivity contribution < 1.29 is 43.6 Å². The second-order valence-electron chi connectivity index (χ2n) is 7.38. The van der Waals surface area contributed by atoms with Gasteiger partial charge in [0.1, 0.15) is 5.82 Å². The van der Waals surface area contributed by atoms with Crippen molar-refractivity contribution in [2.45, 2.75) is 17.4 Å². The van der Waals surface area contributed by atoms with Crippen LogP contribution in [0.15, 0.2) is 47.6 Å². The number of carbonyl (C=O) groups is 1. The maximum absolute atomic E-state index is 14.5. The first kappa shape index (κ1) is 31.2. The average Bonchev–Trinajstić information content (AvgIpc) is 3.12. The number of likely N-dealkylation sites (N-methyl/N-ethyl adjacent to an activating group) is 1. The predicted molar refractivity (Wildman–Crippen MR) is 130 cm³/mol. The monoisotopic (exact) mass is 539 g/mol. The highest BCUT2D eigenvalue weighted by atomic mass is 32.2. The molecular weight excluding hydrogens is 507 g/mol. The Morgan fingerprint density at radius 1 is 1.33 bits per heavy atom. The third-order valence-electron chi connectivity index (χ3n) is 4.81. The fourth-order valence-corrected chi connectivity index (χ4v) is 3.41. The minimum Gasteiger partial charge on any atom is -0.412 e. The quantitative estimate of drug-likeness (QED) is 0.349. The normalized spacial score (nSPS) is 15.0. The van der Waals surface area contributed by atoms with Gasteiger partial charge in [-0.2, -0.15) is 8.78 Å². The number of nitrogens with one attached hydrogen (secondary N) is 2. The van der Waals surface area contributed by atoms with E-state index < -0.39 is 35.3 Å². The van der Waals surface area contributed by atoms with E-state index in [2.05, 4.69) is 10.5 Å². The first-order valence-corrected chi connectivity index (χ1v) is 11.6. The highest BCUT2D eigenvalue weighted by Gasteiger charge is 2.18. The molecule has 0 radical (unpaired) electrons. The Morgan fingerprint density at radius 3 is 2.61 bits per heavy atom. The molecule has 1 aromatic carbocycles. The van der Waals surface area contributed by atoms with Crippen molar-refractivity contribution in [3.05, 3.63) is 48.5 Å². The van der Waals surface area contributed by atoms with Crippen molar-refractivity contribution in [3.8, 4) is 0 Å². The van der Waals surface area contributed by atoms with Crippen LogP contribution in [-0.2, 0) is 20.7 Å². The van der Waals surface area contributed by atoms with Gasteiger partial charge in [0.25, 0.3) is 5.91 Å². The van der Waals surface area contributed by atoms with Crippen LogP contribution in [0.25, 0.3) is 0 Å². The Labute approximate surface area is 210 Å². The molecule has 11 nitrogen and oxygen atoms in total. The molecular formula is C21H32F3N5O6S. The van der Waals surface area contributed by atoms with E-state index in [1.54, 1.807) is 24.1 Å².